The second-order valence-corrected chi connectivity index (χ2v) is 7.44. The molecule has 0 amide bonds. The molecule has 0 aliphatic heterocycles. The minimum atomic E-state index is -4.70. The van der Waals surface area contributed by atoms with Crippen molar-refractivity contribution in [3.05, 3.63) is 29.8 Å². The molecule has 1 heterocycles. The number of nitrogens with one attached hydrogen (secondary N) is 1. The summed E-state index contributed by atoms with van der Waals surface area (Å²) in [6.45, 7) is 0.473. The molecule has 9 heteroatoms. The van der Waals surface area contributed by atoms with Gasteiger partial charge in [-0.1, -0.05) is 25.7 Å². The van der Waals surface area contributed by atoms with Crippen molar-refractivity contribution in [1.82, 2.24) is 14.9 Å². The lowest BCUT2D eigenvalue weighted by Crippen LogP contribution is -2.49. The maximum absolute atomic E-state index is 13.5. The molecule has 28 heavy (non-hydrogen) atoms. The van der Waals surface area contributed by atoms with Crippen LogP contribution in [0.25, 0.3) is 10.9 Å². The molecule has 0 saturated heterocycles. The number of rotatable bonds is 4. The number of anilines is 1. The first kappa shape index (κ1) is 22.6. The van der Waals surface area contributed by atoms with E-state index >= 15 is 0 Å². The van der Waals surface area contributed by atoms with E-state index in [1.807, 2.05) is 14.1 Å². The van der Waals surface area contributed by atoms with Crippen LogP contribution in [0, 0.1) is 5.82 Å². The fraction of sp³-hybridized carbons (Fsp3) is 0.579. The molecular weight excluding hydrogens is 396 g/mol. The summed E-state index contributed by atoms with van der Waals surface area (Å²) in [5.41, 5.74) is -0.203. The number of nitrogens with zero attached hydrogens (tertiary/aromatic N) is 3. The van der Waals surface area contributed by atoms with Crippen LogP contribution in [0.2, 0.25) is 0 Å². The molecule has 0 spiro atoms. The molecule has 3 rings (SSSR count). The van der Waals surface area contributed by atoms with E-state index in [4.69, 9.17) is 0 Å². The van der Waals surface area contributed by atoms with Gasteiger partial charge in [0.1, 0.15) is 11.6 Å². The molecule has 1 fully saturated rings. The van der Waals surface area contributed by atoms with Crippen molar-refractivity contribution in [2.24, 2.45) is 0 Å². The molecule has 0 unspecified atom stereocenters. The first-order valence-corrected chi connectivity index (χ1v) is 9.17. The number of halogens is 5. The van der Waals surface area contributed by atoms with Gasteiger partial charge in [-0.25, -0.2) is 14.4 Å². The zero-order chi connectivity index (χ0) is 19.7. The Bertz CT molecular complexity index is 802. The highest BCUT2D eigenvalue weighted by molar-refractivity contribution is 5.89. The maximum Gasteiger partial charge on any atom is 0.451 e. The van der Waals surface area contributed by atoms with Crippen LogP contribution in [-0.4, -0.2) is 41.0 Å². The molecule has 1 aromatic heterocycles. The number of benzene rings is 1. The Kier molecular flexibility index (Phi) is 7.09. The Morgan fingerprint density at radius 2 is 1.71 bits per heavy atom. The van der Waals surface area contributed by atoms with Crippen LogP contribution in [0.5, 0.6) is 0 Å². The maximum atomic E-state index is 13.5. The summed E-state index contributed by atoms with van der Waals surface area (Å²) in [6.07, 6.45) is 1.76. The van der Waals surface area contributed by atoms with E-state index in [0.717, 1.165) is 31.7 Å². The summed E-state index contributed by atoms with van der Waals surface area (Å²) in [6, 6.07) is 3.63. The van der Waals surface area contributed by atoms with Gasteiger partial charge in [-0.15, -0.1) is 12.4 Å². The Balaban J connectivity index is 0.00000280. The zero-order valence-corrected chi connectivity index (χ0v) is 16.8. The molecule has 156 valence electrons. The van der Waals surface area contributed by atoms with Crippen molar-refractivity contribution in [3.63, 3.8) is 0 Å². The van der Waals surface area contributed by atoms with E-state index in [0.29, 0.717) is 11.9 Å². The topological polar surface area (TPSA) is 41.0 Å². The summed E-state index contributed by atoms with van der Waals surface area (Å²) >= 11 is 0. The molecule has 1 saturated carbocycles. The highest BCUT2D eigenvalue weighted by Gasteiger charge is 2.37. The molecule has 0 radical (unpaired) electrons. The van der Waals surface area contributed by atoms with Gasteiger partial charge in [-0.3, -0.25) is 0 Å². The summed E-state index contributed by atoms with van der Waals surface area (Å²) in [5, 5.41) is 3.51. The van der Waals surface area contributed by atoms with Crippen LogP contribution < -0.4 is 5.32 Å². The lowest BCUT2D eigenvalue weighted by molar-refractivity contribution is -0.144. The molecule has 4 nitrogen and oxygen atoms in total. The van der Waals surface area contributed by atoms with E-state index < -0.39 is 17.8 Å². The third-order valence-corrected chi connectivity index (χ3v) is 5.48. The zero-order valence-electron chi connectivity index (χ0n) is 15.9. The van der Waals surface area contributed by atoms with Gasteiger partial charge in [0.05, 0.1) is 5.52 Å². The van der Waals surface area contributed by atoms with E-state index in [9.17, 15) is 17.6 Å². The van der Waals surface area contributed by atoms with Gasteiger partial charge < -0.3 is 10.2 Å². The minimum Gasteiger partial charge on any atom is -0.368 e. The highest BCUT2D eigenvalue weighted by atomic mass is 35.5. The molecule has 0 atom stereocenters. The molecular formula is C19H25ClF4N4. The monoisotopic (exact) mass is 420 g/mol. The average Bonchev–Trinajstić information content (AvgIpc) is 2.85. The number of hydrogen-bond donors (Lipinski definition) is 1. The van der Waals surface area contributed by atoms with Gasteiger partial charge in [-0.05, 0) is 39.1 Å². The van der Waals surface area contributed by atoms with Crippen LogP contribution in [0.1, 0.15) is 44.3 Å². The van der Waals surface area contributed by atoms with Crippen molar-refractivity contribution >= 4 is 29.1 Å². The molecule has 1 aliphatic carbocycles. The average molecular weight is 421 g/mol. The summed E-state index contributed by atoms with van der Waals surface area (Å²) < 4.78 is 53.1. The van der Waals surface area contributed by atoms with Crippen molar-refractivity contribution in [3.8, 4) is 0 Å². The lowest BCUT2D eigenvalue weighted by atomic mass is 9.88. The third-order valence-electron chi connectivity index (χ3n) is 5.48. The second kappa shape index (κ2) is 8.78. The van der Waals surface area contributed by atoms with E-state index in [2.05, 4.69) is 20.2 Å². The lowest BCUT2D eigenvalue weighted by Gasteiger charge is -2.40. The molecule has 1 aliphatic rings. The predicted molar refractivity (Wildman–Crippen MR) is 104 cm³/mol. The van der Waals surface area contributed by atoms with Crippen LogP contribution in [0.15, 0.2) is 18.2 Å². The van der Waals surface area contributed by atoms with Crippen LogP contribution >= 0.6 is 12.4 Å². The Morgan fingerprint density at radius 3 is 2.29 bits per heavy atom. The van der Waals surface area contributed by atoms with Crippen molar-refractivity contribution in [1.29, 1.82) is 0 Å². The van der Waals surface area contributed by atoms with Crippen LogP contribution in [0.4, 0.5) is 23.4 Å². The molecule has 1 aromatic carbocycles. The van der Waals surface area contributed by atoms with Gasteiger partial charge in [-0.2, -0.15) is 13.2 Å². The number of alkyl halides is 3. The van der Waals surface area contributed by atoms with E-state index in [1.54, 1.807) is 0 Å². The first-order valence-electron chi connectivity index (χ1n) is 9.17. The summed E-state index contributed by atoms with van der Waals surface area (Å²) in [5.74, 6) is -1.80. The predicted octanol–water partition coefficient (Wildman–Crippen LogP) is 5.28. The second-order valence-electron chi connectivity index (χ2n) is 7.44. The largest absolute Gasteiger partial charge is 0.451 e. The highest BCUT2D eigenvalue weighted by Crippen LogP contribution is 2.34. The number of likely N-dealkylation sites (N-methyl/N-ethyl adjacent to an activating group) is 1. The quantitative estimate of drug-likeness (QED) is 0.540. The first-order chi connectivity index (χ1) is 12.7. The van der Waals surface area contributed by atoms with Gasteiger partial charge in [0.15, 0.2) is 0 Å². The van der Waals surface area contributed by atoms with Crippen molar-refractivity contribution < 1.29 is 17.6 Å². The summed E-state index contributed by atoms with van der Waals surface area (Å²) in [7, 11) is 4.00. The normalized spacial score (nSPS) is 17.2. The van der Waals surface area contributed by atoms with Gasteiger partial charge in [0.2, 0.25) is 5.82 Å². The molecule has 0 bridgehead atoms. The third kappa shape index (κ3) is 4.84. The standard InChI is InChI=1S/C19H24F4N4.ClH/c1-27(2)18(9-5-3-4-6-10-18)12-24-16-14-8-7-13(20)11-15(14)25-17(26-16)19(21,22)23;/h7-8,11H,3-6,9-10,12H2,1-2H3,(H,24,25,26);1H. The van der Waals surface area contributed by atoms with Crippen LogP contribution in [-0.2, 0) is 6.18 Å². The van der Waals surface area contributed by atoms with Crippen molar-refractivity contribution in [2.75, 3.05) is 26.0 Å². The van der Waals surface area contributed by atoms with Gasteiger partial charge >= 0.3 is 6.18 Å². The van der Waals surface area contributed by atoms with Gasteiger partial charge in [0, 0.05) is 23.5 Å². The fourth-order valence-corrected chi connectivity index (χ4v) is 3.78. The Morgan fingerprint density at radius 1 is 1.07 bits per heavy atom. The SMILES string of the molecule is CN(C)C1(CNc2nc(C(F)(F)F)nc3cc(F)ccc23)CCCCCC1.Cl. The smallest absolute Gasteiger partial charge is 0.368 e. The Hall–Kier alpha value is -1.67. The number of hydrogen-bond acceptors (Lipinski definition) is 4. The molecule has 1 N–H and O–H groups in total. The van der Waals surface area contributed by atoms with Crippen LogP contribution in [0.3, 0.4) is 0 Å². The molecule has 2 aromatic rings. The Labute approximate surface area is 168 Å². The van der Waals surface area contributed by atoms with E-state index in [1.165, 1.54) is 25.0 Å². The van der Waals surface area contributed by atoms with Gasteiger partial charge in [0.25, 0.3) is 0 Å². The van der Waals surface area contributed by atoms with E-state index in [-0.39, 0.29) is 29.3 Å². The number of fused-ring (bicyclic) bond motifs is 1. The number of aromatic nitrogens is 2. The van der Waals surface area contributed by atoms with Crippen molar-refractivity contribution in [2.45, 2.75) is 50.2 Å². The fourth-order valence-electron chi connectivity index (χ4n) is 3.78. The summed E-state index contributed by atoms with van der Waals surface area (Å²) in [4.78, 5) is 9.37. The minimum absolute atomic E-state index is 0.